The summed E-state index contributed by atoms with van der Waals surface area (Å²) in [6.45, 7) is 0. The van der Waals surface area contributed by atoms with Crippen molar-refractivity contribution in [1.82, 2.24) is 19.5 Å². The third-order valence-electron chi connectivity index (χ3n) is 4.74. The van der Waals surface area contributed by atoms with Crippen molar-refractivity contribution in [2.45, 2.75) is 5.75 Å². The zero-order valence-electron chi connectivity index (χ0n) is 17.2. The van der Waals surface area contributed by atoms with Gasteiger partial charge in [0.15, 0.2) is 11.0 Å². The molecule has 32 heavy (non-hydrogen) atoms. The molecule has 9 heteroatoms. The lowest BCUT2D eigenvalue weighted by Crippen LogP contribution is -2.13. The second-order valence-corrected chi connectivity index (χ2v) is 10.1. The molecule has 0 atom stereocenters. The van der Waals surface area contributed by atoms with E-state index in [1.54, 1.807) is 29.3 Å². The van der Waals surface area contributed by atoms with E-state index in [2.05, 4.69) is 21.4 Å². The van der Waals surface area contributed by atoms with Crippen molar-refractivity contribution >= 4 is 55.7 Å². The number of thioether (sulfide) groups is 1. The van der Waals surface area contributed by atoms with Gasteiger partial charge in [-0.15, -0.1) is 23.1 Å². The number of aromatic nitrogens is 4. The predicted molar refractivity (Wildman–Crippen MR) is 134 cm³/mol. The minimum absolute atomic E-state index is 0.0733. The van der Waals surface area contributed by atoms with E-state index >= 15 is 0 Å². The fraction of sp³-hybridized carbons (Fsp3) is 0.130. The summed E-state index contributed by atoms with van der Waals surface area (Å²) in [5, 5.41) is 4.57. The first kappa shape index (κ1) is 20.9. The Balaban J connectivity index is 1.28. The second kappa shape index (κ2) is 9.23. The van der Waals surface area contributed by atoms with Crippen molar-refractivity contribution in [3.63, 3.8) is 0 Å². The zero-order chi connectivity index (χ0) is 21.9. The van der Waals surface area contributed by atoms with Gasteiger partial charge in [0, 0.05) is 30.8 Å². The molecule has 5 aromatic rings. The van der Waals surface area contributed by atoms with Gasteiger partial charge in [0.2, 0.25) is 5.91 Å². The van der Waals surface area contributed by atoms with Gasteiger partial charge in [-0.2, -0.15) is 0 Å². The van der Waals surface area contributed by atoms with Crippen LogP contribution in [0.25, 0.3) is 32.2 Å². The van der Waals surface area contributed by atoms with E-state index in [9.17, 15) is 4.79 Å². The second-order valence-electron chi connectivity index (χ2n) is 7.04. The van der Waals surface area contributed by atoms with Crippen LogP contribution in [0.1, 0.15) is 5.01 Å². The first-order valence-corrected chi connectivity index (χ1v) is 12.7. The molecule has 1 N–H and O–H groups in total. The van der Waals surface area contributed by atoms with Crippen LogP contribution in [0.4, 0.5) is 5.13 Å². The van der Waals surface area contributed by atoms with Crippen LogP contribution < -0.4 is 5.32 Å². The Bertz CT molecular complexity index is 1340. The molecule has 6 nitrogen and oxygen atoms in total. The number of carbonyl (C=O) groups is 1. The lowest BCUT2D eigenvalue weighted by Gasteiger charge is -2.02. The lowest BCUT2D eigenvalue weighted by molar-refractivity contribution is -0.113. The van der Waals surface area contributed by atoms with Crippen LogP contribution in [0.15, 0.2) is 67.0 Å². The lowest BCUT2D eigenvalue weighted by atomic mass is 10.1. The van der Waals surface area contributed by atoms with Gasteiger partial charge >= 0.3 is 0 Å². The van der Waals surface area contributed by atoms with Crippen molar-refractivity contribution in [1.29, 1.82) is 0 Å². The molecular weight excluding hydrogens is 458 g/mol. The number of amides is 1. The number of aryl methyl sites for hydroxylation is 1. The summed E-state index contributed by atoms with van der Waals surface area (Å²) in [4.78, 5) is 27.3. The Labute approximate surface area is 197 Å². The maximum Gasteiger partial charge on any atom is 0.236 e. The third kappa shape index (κ3) is 4.45. The Hall–Kier alpha value is -3.01. The number of para-hydroxylation sites is 1. The fourth-order valence-corrected chi connectivity index (χ4v) is 6.16. The highest BCUT2D eigenvalue weighted by molar-refractivity contribution is 7.99. The highest BCUT2D eigenvalue weighted by Crippen LogP contribution is 2.38. The molecule has 0 radical (unpaired) electrons. The molecule has 0 saturated heterocycles. The highest BCUT2D eigenvalue weighted by atomic mass is 32.2. The molecule has 0 aliphatic carbocycles. The predicted octanol–water partition coefficient (Wildman–Crippen LogP) is 5.69. The summed E-state index contributed by atoms with van der Waals surface area (Å²) in [7, 11) is 1.95. The van der Waals surface area contributed by atoms with Crippen molar-refractivity contribution in [3.8, 4) is 22.0 Å². The molecule has 5 rings (SSSR count). The topological polar surface area (TPSA) is 72.7 Å². The normalized spacial score (nSPS) is 11.2. The average molecular weight is 478 g/mol. The van der Waals surface area contributed by atoms with Gasteiger partial charge in [0.1, 0.15) is 5.01 Å². The van der Waals surface area contributed by atoms with Crippen LogP contribution >= 0.6 is 34.4 Å². The molecule has 0 spiro atoms. The largest absolute Gasteiger partial charge is 0.333 e. The van der Waals surface area contributed by atoms with E-state index in [1.165, 1.54) is 16.0 Å². The number of anilines is 1. The first-order valence-electron chi connectivity index (χ1n) is 9.93. The summed E-state index contributed by atoms with van der Waals surface area (Å²) in [6, 6.07) is 18.1. The summed E-state index contributed by atoms with van der Waals surface area (Å²) < 4.78 is 3.13. The number of carbonyl (C=O) groups excluding carboxylic acids is 1. The number of thiazole rings is 2. The van der Waals surface area contributed by atoms with Crippen molar-refractivity contribution in [3.05, 3.63) is 72.0 Å². The van der Waals surface area contributed by atoms with E-state index in [1.807, 2.05) is 66.3 Å². The SMILES string of the molecule is Cn1ccnc1-c1sc(NC(=O)CSCc2nc3ccccc3s2)nc1-c1ccccc1. The van der Waals surface area contributed by atoms with Crippen LogP contribution in [0.2, 0.25) is 0 Å². The van der Waals surface area contributed by atoms with Crippen LogP contribution in [0, 0.1) is 0 Å². The van der Waals surface area contributed by atoms with Crippen LogP contribution in [-0.2, 0) is 17.6 Å². The minimum atomic E-state index is -0.0733. The van der Waals surface area contributed by atoms with Gasteiger partial charge in [0.05, 0.1) is 26.5 Å². The van der Waals surface area contributed by atoms with E-state index in [4.69, 9.17) is 4.98 Å². The number of benzene rings is 2. The number of hydrogen-bond donors (Lipinski definition) is 1. The zero-order valence-corrected chi connectivity index (χ0v) is 19.6. The number of rotatable bonds is 7. The van der Waals surface area contributed by atoms with Gasteiger partial charge in [-0.1, -0.05) is 53.8 Å². The summed E-state index contributed by atoms with van der Waals surface area (Å²) >= 11 is 4.67. The number of nitrogens with one attached hydrogen (secondary N) is 1. The van der Waals surface area contributed by atoms with Gasteiger partial charge in [-0.3, -0.25) is 4.79 Å². The molecule has 2 aromatic carbocycles. The van der Waals surface area contributed by atoms with Crippen molar-refractivity contribution in [2.24, 2.45) is 7.05 Å². The van der Waals surface area contributed by atoms with E-state index in [0.717, 1.165) is 32.5 Å². The number of fused-ring (bicyclic) bond motifs is 1. The standard InChI is InChI=1S/C23H19N5OS3/c1-28-12-11-24-22(28)21-20(15-7-3-2-4-8-15)27-23(32-21)26-18(29)13-30-14-19-25-16-9-5-6-10-17(16)31-19/h2-12H,13-14H2,1H3,(H,26,27,29). The Morgan fingerprint density at radius 2 is 1.88 bits per heavy atom. The van der Waals surface area contributed by atoms with Crippen LogP contribution in [0.3, 0.4) is 0 Å². The number of hydrogen-bond acceptors (Lipinski definition) is 7. The first-order chi connectivity index (χ1) is 15.7. The molecule has 0 bridgehead atoms. The van der Waals surface area contributed by atoms with Gasteiger partial charge < -0.3 is 9.88 Å². The van der Waals surface area contributed by atoms with E-state index in [-0.39, 0.29) is 5.91 Å². The van der Waals surface area contributed by atoms with Crippen LogP contribution in [-0.4, -0.2) is 31.2 Å². The monoisotopic (exact) mass is 477 g/mol. The Morgan fingerprint density at radius 1 is 1.06 bits per heavy atom. The fourth-order valence-electron chi connectivity index (χ4n) is 3.27. The molecule has 0 unspecified atom stereocenters. The summed E-state index contributed by atoms with van der Waals surface area (Å²) in [5.74, 6) is 1.80. The summed E-state index contributed by atoms with van der Waals surface area (Å²) in [6.07, 6.45) is 3.67. The van der Waals surface area contributed by atoms with E-state index in [0.29, 0.717) is 16.6 Å². The molecule has 0 aliphatic rings. The highest BCUT2D eigenvalue weighted by Gasteiger charge is 2.19. The van der Waals surface area contributed by atoms with Gasteiger partial charge in [-0.05, 0) is 12.1 Å². The average Bonchev–Trinajstić information content (AvgIpc) is 3.52. The van der Waals surface area contributed by atoms with Crippen molar-refractivity contribution < 1.29 is 4.79 Å². The molecule has 0 saturated carbocycles. The third-order valence-corrected chi connectivity index (χ3v) is 7.87. The van der Waals surface area contributed by atoms with Crippen molar-refractivity contribution in [2.75, 3.05) is 11.1 Å². The maximum atomic E-state index is 12.6. The minimum Gasteiger partial charge on any atom is -0.333 e. The molecule has 160 valence electrons. The van der Waals surface area contributed by atoms with Gasteiger partial charge in [0.25, 0.3) is 0 Å². The Morgan fingerprint density at radius 3 is 2.66 bits per heavy atom. The number of nitrogens with zero attached hydrogens (tertiary/aromatic N) is 4. The molecule has 3 aromatic heterocycles. The molecule has 1 amide bonds. The maximum absolute atomic E-state index is 12.6. The molecule has 0 fully saturated rings. The van der Waals surface area contributed by atoms with E-state index < -0.39 is 0 Å². The van der Waals surface area contributed by atoms with Crippen LogP contribution in [0.5, 0.6) is 0 Å². The Kier molecular flexibility index (Phi) is 6.02. The molecule has 3 heterocycles. The quantitative estimate of drug-likeness (QED) is 0.326. The molecular formula is C23H19N5OS3. The number of imidazole rings is 1. The molecule has 0 aliphatic heterocycles. The summed E-state index contributed by atoms with van der Waals surface area (Å²) in [5.41, 5.74) is 2.82. The van der Waals surface area contributed by atoms with Gasteiger partial charge in [-0.25, -0.2) is 15.0 Å². The smallest absolute Gasteiger partial charge is 0.236 e.